The van der Waals surface area contributed by atoms with Gasteiger partial charge in [-0.1, -0.05) is 6.58 Å². The third-order valence-corrected chi connectivity index (χ3v) is 0.464. The molecule has 4 nitrogen and oxygen atoms in total. The number of carbonyl (C=O) groups excluding carboxylic acids is 3. The molecule has 0 aromatic heterocycles. The highest BCUT2D eigenvalue weighted by molar-refractivity contribution is 6.23. The highest BCUT2D eigenvalue weighted by Crippen LogP contribution is 1.76. The van der Waals surface area contributed by atoms with Gasteiger partial charge in [-0.2, -0.15) is 0 Å². The maximum Gasteiger partial charge on any atom is 0.379 e. The van der Waals surface area contributed by atoms with Crippen molar-refractivity contribution in [3.05, 3.63) is 12.7 Å². The maximum atomic E-state index is 10.1. The molecule has 0 aromatic carbocycles. The van der Waals surface area contributed by atoms with Crippen LogP contribution in [0.15, 0.2) is 12.7 Å². The van der Waals surface area contributed by atoms with E-state index in [0.29, 0.717) is 0 Å². The Hall–Kier alpha value is -1.45. The molecule has 0 spiro atoms. The van der Waals surface area contributed by atoms with Crippen molar-refractivity contribution in [1.29, 1.82) is 0 Å². The Kier molecular flexibility index (Phi) is 2.97. The van der Waals surface area contributed by atoms with Crippen molar-refractivity contribution >= 4 is 18.2 Å². The summed E-state index contributed by atoms with van der Waals surface area (Å²) in [6.07, 6.45) is 0.697. The van der Waals surface area contributed by atoms with Gasteiger partial charge in [-0.25, -0.2) is 9.59 Å². The summed E-state index contributed by atoms with van der Waals surface area (Å²) in [5, 5.41) is 0. The Morgan fingerprint density at radius 2 is 1.89 bits per heavy atom. The first-order chi connectivity index (χ1) is 4.20. The van der Waals surface area contributed by atoms with Crippen LogP contribution in [0.2, 0.25) is 0 Å². The molecule has 0 heterocycles. The lowest BCUT2D eigenvalue weighted by Gasteiger charge is -1.88. The van der Waals surface area contributed by atoms with Crippen LogP contribution in [0.5, 0.6) is 0 Å². The van der Waals surface area contributed by atoms with Gasteiger partial charge in [-0.15, -0.1) is 0 Å². The van der Waals surface area contributed by atoms with Crippen LogP contribution in [0, 0.1) is 0 Å². The maximum absolute atomic E-state index is 10.1. The summed E-state index contributed by atoms with van der Waals surface area (Å²) in [5.74, 6) is -2.13. The molecule has 0 aliphatic carbocycles. The fourth-order valence-electron chi connectivity index (χ4n) is 0.165. The fraction of sp³-hybridized carbons (Fsp3) is 0. The van der Waals surface area contributed by atoms with Crippen LogP contribution < -0.4 is 0 Å². The molecule has 0 bridgehead atoms. The van der Waals surface area contributed by atoms with E-state index in [1.54, 1.807) is 0 Å². The highest BCUT2D eigenvalue weighted by atomic mass is 16.6. The van der Waals surface area contributed by atoms with Crippen LogP contribution in [0.25, 0.3) is 0 Å². The molecule has 0 N–H and O–H groups in total. The van der Waals surface area contributed by atoms with E-state index in [0.717, 1.165) is 6.08 Å². The molecule has 0 unspecified atom stereocenters. The average Bonchev–Trinajstić information content (AvgIpc) is 1.87. The molecule has 4 heteroatoms. The van der Waals surface area contributed by atoms with Crippen molar-refractivity contribution < 1.29 is 19.1 Å². The molecule has 0 atom stereocenters. The van der Waals surface area contributed by atoms with E-state index in [4.69, 9.17) is 0 Å². The van der Waals surface area contributed by atoms with Gasteiger partial charge >= 0.3 is 11.9 Å². The molecule has 0 rings (SSSR count). The number of ether oxygens (including phenoxy) is 1. The van der Waals surface area contributed by atoms with E-state index in [2.05, 4.69) is 11.3 Å². The van der Waals surface area contributed by atoms with Gasteiger partial charge in [0.25, 0.3) is 0 Å². The number of hydrogen-bond acceptors (Lipinski definition) is 4. The zero-order valence-electron chi connectivity index (χ0n) is 4.49. The molecule has 0 aliphatic heterocycles. The smallest absolute Gasteiger partial charge is 0.379 e. The van der Waals surface area contributed by atoms with Gasteiger partial charge in [0, 0.05) is 6.08 Å². The number of aldehydes is 1. The zero-order chi connectivity index (χ0) is 7.28. The third kappa shape index (κ3) is 3.16. The van der Waals surface area contributed by atoms with E-state index in [-0.39, 0.29) is 6.29 Å². The second-order valence-corrected chi connectivity index (χ2v) is 1.06. The van der Waals surface area contributed by atoms with Gasteiger partial charge in [0.2, 0.25) is 6.29 Å². The number of esters is 2. The number of hydrogen-bond donors (Lipinski definition) is 0. The normalized spacial score (nSPS) is 7.56. The molecule has 0 amide bonds. The van der Waals surface area contributed by atoms with Crippen molar-refractivity contribution in [3.8, 4) is 0 Å². The first kappa shape index (κ1) is 7.55. The number of rotatable bonds is 2. The van der Waals surface area contributed by atoms with Gasteiger partial charge in [-0.3, -0.25) is 4.79 Å². The van der Waals surface area contributed by atoms with Crippen LogP contribution in [0.3, 0.4) is 0 Å². The monoisotopic (exact) mass is 128 g/mol. The second kappa shape index (κ2) is 3.54. The van der Waals surface area contributed by atoms with E-state index in [1.165, 1.54) is 0 Å². The lowest BCUT2D eigenvalue weighted by molar-refractivity contribution is -0.158. The van der Waals surface area contributed by atoms with Crippen LogP contribution in [0.1, 0.15) is 0 Å². The Morgan fingerprint density at radius 1 is 1.33 bits per heavy atom. The minimum atomic E-state index is -1.21. The van der Waals surface area contributed by atoms with Gasteiger partial charge in [0.15, 0.2) is 0 Å². The van der Waals surface area contributed by atoms with Crippen LogP contribution >= 0.6 is 0 Å². The molecule has 0 aliphatic rings. The topological polar surface area (TPSA) is 60.4 Å². The summed E-state index contributed by atoms with van der Waals surface area (Å²) in [6.45, 7) is 3.01. The van der Waals surface area contributed by atoms with E-state index in [9.17, 15) is 14.4 Å². The zero-order valence-corrected chi connectivity index (χ0v) is 4.49. The van der Waals surface area contributed by atoms with Crippen molar-refractivity contribution in [2.75, 3.05) is 0 Å². The predicted molar refractivity (Wildman–Crippen MR) is 27.4 cm³/mol. The molecule has 9 heavy (non-hydrogen) atoms. The standard InChI is InChI=1S/C5H4O4/c1-2-4(7)9-5(8)3-6/h2-3H,1H2. The molecule has 0 saturated carbocycles. The van der Waals surface area contributed by atoms with Crippen LogP contribution in [-0.4, -0.2) is 18.2 Å². The molecular formula is C5H4O4. The summed E-state index contributed by atoms with van der Waals surface area (Å²) >= 11 is 0. The van der Waals surface area contributed by atoms with E-state index < -0.39 is 11.9 Å². The molecule has 0 fully saturated rings. The van der Waals surface area contributed by atoms with E-state index in [1.807, 2.05) is 0 Å². The summed E-state index contributed by atoms with van der Waals surface area (Å²) in [4.78, 5) is 29.5. The Labute approximate surface area is 51.1 Å². The molecule has 0 aromatic rings. The lowest BCUT2D eigenvalue weighted by atomic mass is 10.6. The average molecular weight is 128 g/mol. The summed E-state index contributed by atoms with van der Waals surface area (Å²) < 4.78 is 3.78. The summed E-state index contributed by atoms with van der Waals surface area (Å²) in [7, 11) is 0. The minimum absolute atomic E-state index is 0.0958. The molecular weight excluding hydrogens is 124 g/mol. The highest BCUT2D eigenvalue weighted by Gasteiger charge is 2.02. The first-order valence-electron chi connectivity index (χ1n) is 2.04. The Bertz CT molecular complexity index is 140. The molecule has 48 valence electrons. The second-order valence-electron chi connectivity index (χ2n) is 1.06. The Morgan fingerprint density at radius 3 is 2.22 bits per heavy atom. The molecule has 0 radical (unpaired) electrons. The summed E-state index contributed by atoms with van der Waals surface area (Å²) in [6, 6.07) is 0. The van der Waals surface area contributed by atoms with Crippen molar-refractivity contribution in [1.82, 2.24) is 0 Å². The lowest BCUT2D eigenvalue weighted by Crippen LogP contribution is -2.09. The van der Waals surface area contributed by atoms with Crippen LogP contribution in [-0.2, 0) is 19.1 Å². The fourth-order valence-corrected chi connectivity index (χ4v) is 0.165. The van der Waals surface area contributed by atoms with Gasteiger partial charge < -0.3 is 4.74 Å². The summed E-state index contributed by atoms with van der Waals surface area (Å²) in [5.41, 5.74) is 0. The van der Waals surface area contributed by atoms with Crippen molar-refractivity contribution in [3.63, 3.8) is 0 Å². The SMILES string of the molecule is C=CC(=O)OC(=O)C=O. The predicted octanol–water partition coefficient (Wildman–Crippen LogP) is -0.559. The Balaban J connectivity index is 3.73. The minimum Gasteiger partial charge on any atom is -0.384 e. The quantitative estimate of drug-likeness (QED) is 0.164. The first-order valence-corrected chi connectivity index (χ1v) is 2.04. The van der Waals surface area contributed by atoms with Gasteiger partial charge in [-0.05, 0) is 0 Å². The van der Waals surface area contributed by atoms with Crippen LogP contribution in [0.4, 0.5) is 0 Å². The van der Waals surface area contributed by atoms with Gasteiger partial charge in [0.05, 0.1) is 0 Å². The third-order valence-electron chi connectivity index (χ3n) is 0.464. The largest absolute Gasteiger partial charge is 0.384 e. The number of carbonyl (C=O) groups is 3. The van der Waals surface area contributed by atoms with Crippen molar-refractivity contribution in [2.24, 2.45) is 0 Å². The molecule has 0 saturated heterocycles. The van der Waals surface area contributed by atoms with Crippen molar-refractivity contribution in [2.45, 2.75) is 0 Å². The van der Waals surface area contributed by atoms with Gasteiger partial charge in [0.1, 0.15) is 0 Å². The van der Waals surface area contributed by atoms with E-state index >= 15 is 0 Å².